The van der Waals surface area contributed by atoms with Gasteiger partial charge in [0.15, 0.2) is 16.9 Å². The van der Waals surface area contributed by atoms with E-state index in [0.717, 1.165) is 0 Å². The highest BCUT2D eigenvalue weighted by Gasteiger charge is 2.44. The van der Waals surface area contributed by atoms with Gasteiger partial charge in [-0.15, -0.1) is 0 Å². The number of hydrogen-bond donors (Lipinski definition) is 1. The Morgan fingerprint density at radius 3 is 2.38 bits per heavy atom. The molecule has 34 heavy (non-hydrogen) atoms. The molecule has 0 radical (unpaired) electrons. The van der Waals surface area contributed by atoms with Crippen molar-refractivity contribution in [1.82, 2.24) is 0 Å². The summed E-state index contributed by atoms with van der Waals surface area (Å²) in [5.41, 5.74) is 1.34. The van der Waals surface area contributed by atoms with Crippen molar-refractivity contribution in [3.63, 3.8) is 0 Å². The van der Waals surface area contributed by atoms with Gasteiger partial charge in [-0.05, 0) is 76.1 Å². The average molecular weight is 587 g/mol. The first-order valence-corrected chi connectivity index (χ1v) is 11.7. The van der Waals surface area contributed by atoms with Crippen molar-refractivity contribution >= 4 is 54.4 Å². The molecule has 0 bridgehead atoms. The minimum atomic E-state index is -0.818. The third-order valence-electron chi connectivity index (χ3n) is 5.77. The van der Waals surface area contributed by atoms with Gasteiger partial charge in [0.25, 0.3) is 5.91 Å². The first-order chi connectivity index (χ1) is 16.3. The van der Waals surface area contributed by atoms with Crippen LogP contribution in [0.3, 0.4) is 0 Å². The van der Waals surface area contributed by atoms with Gasteiger partial charge in [0, 0.05) is 10.2 Å². The number of ether oxygens (including phenoxy) is 2. The van der Waals surface area contributed by atoms with E-state index in [1.165, 1.54) is 12.0 Å². The van der Waals surface area contributed by atoms with Crippen molar-refractivity contribution in [2.24, 2.45) is 0 Å². The Labute approximate surface area is 210 Å². The number of amides is 1. The van der Waals surface area contributed by atoms with E-state index in [0.29, 0.717) is 36.9 Å². The number of fused-ring (bicyclic) bond motifs is 2. The van der Waals surface area contributed by atoms with E-state index in [-0.39, 0.29) is 28.3 Å². The number of carbonyl (C=O) groups is 1. The topological polar surface area (TPSA) is 89.2 Å². The van der Waals surface area contributed by atoms with Crippen molar-refractivity contribution in [2.75, 3.05) is 19.1 Å². The number of phenols is 1. The van der Waals surface area contributed by atoms with Gasteiger partial charge < -0.3 is 19.0 Å². The van der Waals surface area contributed by atoms with E-state index in [1.54, 1.807) is 61.7 Å². The second-order valence-corrected chi connectivity index (χ2v) is 9.41. The zero-order valence-corrected chi connectivity index (χ0v) is 21.1. The lowest BCUT2D eigenvalue weighted by Gasteiger charge is -2.26. The summed E-state index contributed by atoms with van der Waals surface area (Å²) in [6, 6.07) is 14.5. The summed E-state index contributed by atoms with van der Waals surface area (Å²) in [7, 11) is 2.99. The van der Waals surface area contributed by atoms with Crippen LogP contribution >= 0.6 is 31.9 Å². The minimum Gasteiger partial charge on any atom is -0.503 e. The summed E-state index contributed by atoms with van der Waals surface area (Å²) >= 11 is 6.74. The zero-order chi connectivity index (χ0) is 24.1. The lowest BCUT2D eigenvalue weighted by molar-refractivity contribution is 0.0971. The van der Waals surface area contributed by atoms with E-state index in [1.807, 2.05) is 0 Å². The van der Waals surface area contributed by atoms with E-state index >= 15 is 0 Å². The number of anilines is 1. The monoisotopic (exact) mass is 585 g/mol. The molecule has 5 rings (SSSR count). The highest BCUT2D eigenvalue weighted by Crippen LogP contribution is 2.45. The molecular weight excluding hydrogens is 570 g/mol. The molecule has 0 saturated carbocycles. The third-order valence-corrected chi connectivity index (χ3v) is 6.87. The van der Waals surface area contributed by atoms with Gasteiger partial charge in [-0.1, -0.05) is 15.9 Å². The molecule has 1 aliphatic heterocycles. The van der Waals surface area contributed by atoms with Crippen LogP contribution in [0.5, 0.6) is 17.2 Å². The second kappa shape index (κ2) is 8.48. The molecule has 1 N–H and O–H groups in total. The fraction of sp³-hybridized carbons (Fsp3) is 0.120. The molecule has 1 atom stereocenters. The van der Waals surface area contributed by atoms with E-state index in [2.05, 4.69) is 31.9 Å². The SMILES string of the molecule is COc1ccc(N2C(=O)c3oc4ccc(Br)cc4c(=O)c3C2c2cc(Br)c(O)c(OC)c2)cc1. The molecule has 7 nitrogen and oxygen atoms in total. The molecule has 3 aromatic carbocycles. The predicted molar refractivity (Wildman–Crippen MR) is 134 cm³/mol. The fourth-order valence-electron chi connectivity index (χ4n) is 4.18. The van der Waals surface area contributed by atoms with E-state index in [4.69, 9.17) is 13.9 Å². The van der Waals surface area contributed by atoms with Crippen LogP contribution < -0.4 is 19.8 Å². The zero-order valence-electron chi connectivity index (χ0n) is 18.0. The molecule has 0 spiro atoms. The summed E-state index contributed by atoms with van der Waals surface area (Å²) in [4.78, 5) is 28.9. The van der Waals surface area contributed by atoms with Crippen LogP contribution in [-0.2, 0) is 0 Å². The minimum absolute atomic E-state index is 0.0243. The second-order valence-electron chi connectivity index (χ2n) is 7.64. The number of phenolic OH excluding ortho intramolecular Hbond substituents is 1. The number of carbonyl (C=O) groups excluding carboxylic acids is 1. The smallest absolute Gasteiger partial charge is 0.295 e. The van der Waals surface area contributed by atoms with Crippen LogP contribution in [0.15, 0.2) is 72.8 Å². The molecular formula is C25H17Br2NO6. The molecule has 1 amide bonds. The van der Waals surface area contributed by atoms with Crippen molar-refractivity contribution in [2.45, 2.75) is 6.04 Å². The number of aromatic hydroxyl groups is 1. The molecule has 1 unspecified atom stereocenters. The number of methoxy groups -OCH3 is 2. The normalized spacial score (nSPS) is 15.0. The number of nitrogens with zero attached hydrogens (tertiary/aromatic N) is 1. The Morgan fingerprint density at radius 1 is 0.971 bits per heavy atom. The Balaban J connectivity index is 1.82. The molecule has 172 valence electrons. The maximum Gasteiger partial charge on any atom is 0.295 e. The molecule has 0 saturated heterocycles. The maximum absolute atomic E-state index is 13.7. The predicted octanol–water partition coefficient (Wildman–Crippen LogP) is 5.79. The molecule has 1 aromatic heterocycles. The highest BCUT2D eigenvalue weighted by atomic mass is 79.9. The molecule has 0 aliphatic carbocycles. The van der Waals surface area contributed by atoms with Crippen molar-refractivity contribution in [3.8, 4) is 17.2 Å². The van der Waals surface area contributed by atoms with E-state index in [9.17, 15) is 14.7 Å². The molecule has 9 heteroatoms. The van der Waals surface area contributed by atoms with E-state index < -0.39 is 11.9 Å². The fourth-order valence-corrected chi connectivity index (χ4v) is 5.00. The van der Waals surface area contributed by atoms with Crippen LogP contribution in [0.1, 0.15) is 27.7 Å². The van der Waals surface area contributed by atoms with Gasteiger partial charge in [-0.25, -0.2) is 0 Å². The lowest BCUT2D eigenvalue weighted by Crippen LogP contribution is -2.29. The molecule has 2 heterocycles. The number of hydrogen-bond acceptors (Lipinski definition) is 6. The third kappa shape index (κ3) is 3.47. The van der Waals surface area contributed by atoms with Crippen molar-refractivity contribution in [3.05, 3.63) is 90.7 Å². The Kier molecular flexibility index (Phi) is 5.61. The summed E-state index contributed by atoms with van der Waals surface area (Å²) in [6.45, 7) is 0. The molecule has 1 aliphatic rings. The number of halogens is 2. The first kappa shape index (κ1) is 22.5. The van der Waals surface area contributed by atoms with Crippen molar-refractivity contribution < 1.29 is 23.8 Å². The van der Waals surface area contributed by atoms with Crippen LogP contribution in [-0.4, -0.2) is 25.2 Å². The molecule has 0 fully saturated rings. The molecule has 4 aromatic rings. The van der Waals surface area contributed by atoms with Gasteiger partial charge in [-0.3, -0.25) is 14.5 Å². The van der Waals surface area contributed by atoms with Gasteiger partial charge in [0.1, 0.15) is 11.3 Å². The average Bonchev–Trinajstić information content (AvgIpc) is 3.13. The Morgan fingerprint density at radius 2 is 1.71 bits per heavy atom. The maximum atomic E-state index is 13.7. The van der Waals surface area contributed by atoms with Crippen molar-refractivity contribution in [1.29, 1.82) is 0 Å². The van der Waals surface area contributed by atoms with Crippen LogP contribution in [0.4, 0.5) is 5.69 Å². The summed E-state index contributed by atoms with van der Waals surface area (Å²) in [5, 5.41) is 10.7. The lowest BCUT2D eigenvalue weighted by atomic mass is 9.97. The summed E-state index contributed by atoms with van der Waals surface area (Å²) < 4.78 is 17.6. The van der Waals surface area contributed by atoms with Crippen LogP contribution in [0.2, 0.25) is 0 Å². The Hall–Kier alpha value is -3.30. The van der Waals surface area contributed by atoms with Gasteiger partial charge in [-0.2, -0.15) is 0 Å². The first-order valence-electron chi connectivity index (χ1n) is 10.1. The van der Waals surface area contributed by atoms with Gasteiger partial charge in [0.05, 0.1) is 35.7 Å². The van der Waals surface area contributed by atoms with Gasteiger partial charge in [0.2, 0.25) is 5.76 Å². The van der Waals surface area contributed by atoms with Gasteiger partial charge >= 0.3 is 0 Å². The van der Waals surface area contributed by atoms with Crippen LogP contribution in [0.25, 0.3) is 11.0 Å². The van der Waals surface area contributed by atoms with Crippen LogP contribution in [0, 0.1) is 0 Å². The standard InChI is InChI=1S/C25H17Br2NO6/c1-32-15-6-4-14(5-7-15)28-21(12-9-17(27)23(30)19(10-12)33-2)20-22(29)16-11-13(26)3-8-18(16)34-24(20)25(28)31/h3-11,21,30H,1-2H3. The largest absolute Gasteiger partial charge is 0.503 e. The highest BCUT2D eigenvalue weighted by molar-refractivity contribution is 9.10. The number of benzene rings is 3. The summed E-state index contributed by atoms with van der Waals surface area (Å²) in [6.07, 6.45) is 0. The quantitative estimate of drug-likeness (QED) is 0.325. The number of rotatable bonds is 4. The summed E-state index contributed by atoms with van der Waals surface area (Å²) in [5.74, 6) is 0.275. The Bertz CT molecular complexity index is 1510.